The molecule has 2 aromatic carbocycles. The number of hydrogen-bond acceptors (Lipinski definition) is 5. The van der Waals surface area contributed by atoms with Crippen LogP contribution in [-0.2, 0) is 15.6 Å². The number of nitrogens with zero attached hydrogens (tertiary/aromatic N) is 3. The van der Waals surface area contributed by atoms with E-state index in [4.69, 9.17) is 11.6 Å². The monoisotopic (exact) mass is 520 g/mol. The van der Waals surface area contributed by atoms with Crippen LogP contribution >= 0.6 is 11.6 Å². The Morgan fingerprint density at radius 3 is 2.51 bits per heavy atom. The molecule has 1 atom stereocenters. The van der Waals surface area contributed by atoms with Gasteiger partial charge in [-0.1, -0.05) is 48.0 Å². The third kappa shape index (κ3) is 5.27. The number of nitrogens with one attached hydrogen (secondary N) is 1. The predicted octanol–water partition coefficient (Wildman–Crippen LogP) is 5.26. The van der Waals surface area contributed by atoms with Crippen LogP contribution in [0, 0.1) is 11.8 Å². The summed E-state index contributed by atoms with van der Waals surface area (Å²) < 4.78 is 55.9. The second kappa shape index (κ2) is 9.72. The van der Waals surface area contributed by atoms with Crippen LogP contribution in [-0.4, -0.2) is 44.5 Å². The molecule has 0 spiro atoms. The van der Waals surface area contributed by atoms with Crippen molar-refractivity contribution in [3.63, 3.8) is 0 Å². The van der Waals surface area contributed by atoms with Gasteiger partial charge in [0.2, 0.25) is 5.95 Å². The molecule has 0 bridgehead atoms. The minimum Gasteiger partial charge on any atom is -0.369 e. The second-order valence-corrected chi connectivity index (χ2v) is 11.2. The number of halogens is 3. The minimum absolute atomic E-state index is 0.0620. The van der Waals surface area contributed by atoms with Crippen molar-refractivity contribution in [2.45, 2.75) is 36.7 Å². The molecule has 1 aliphatic heterocycles. The molecule has 6 nitrogen and oxygen atoms in total. The Morgan fingerprint density at radius 1 is 1.11 bits per heavy atom. The first-order valence-corrected chi connectivity index (χ1v) is 13.0. The van der Waals surface area contributed by atoms with Crippen LogP contribution in [0.4, 0.5) is 20.3 Å². The molecule has 0 aliphatic carbocycles. The lowest BCUT2D eigenvalue weighted by atomic mass is 9.92. The average Bonchev–Trinajstić information content (AvgIpc) is 3.31. The van der Waals surface area contributed by atoms with Crippen molar-refractivity contribution in [2.75, 3.05) is 29.8 Å². The number of benzene rings is 2. The van der Waals surface area contributed by atoms with Crippen LogP contribution in [0.5, 0.6) is 0 Å². The van der Waals surface area contributed by atoms with E-state index in [-0.39, 0.29) is 22.4 Å². The highest BCUT2D eigenvalue weighted by Crippen LogP contribution is 2.36. The highest BCUT2D eigenvalue weighted by Gasteiger charge is 2.36. The van der Waals surface area contributed by atoms with E-state index in [1.54, 1.807) is 0 Å². The van der Waals surface area contributed by atoms with E-state index in [0.29, 0.717) is 5.69 Å². The first kappa shape index (κ1) is 25.3. The summed E-state index contributed by atoms with van der Waals surface area (Å²) in [4.78, 5) is 7.09. The molecule has 35 heavy (non-hydrogen) atoms. The zero-order chi connectivity index (χ0) is 25.4. The van der Waals surface area contributed by atoms with Crippen molar-refractivity contribution < 1.29 is 17.2 Å². The number of pyridine rings is 1. The maximum atomic E-state index is 15.0. The average molecular weight is 521 g/mol. The van der Waals surface area contributed by atoms with E-state index in [9.17, 15) is 12.8 Å². The summed E-state index contributed by atoms with van der Waals surface area (Å²) in [6.45, 7) is 5.95. The lowest BCUT2D eigenvalue weighted by Crippen LogP contribution is -2.42. The minimum atomic E-state index is -4.37. The number of likely N-dealkylation sites (N-methyl/N-ethyl adjacent to an activating group) is 1. The fourth-order valence-electron chi connectivity index (χ4n) is 4.44. The van der Waals surface area contributed by atoms with Gasteiger partial charge in [-0.05, 0) is 44.0 Å². The standard InChI is InChI=1S/C25H27ClF2N4O2S/c1-25(2,17-8-5-4-6-9-17)32-13-12-18(16-32)31(3)21-15-20(27)22(14-19(21)26)35(33,34)30-24-11-7-10-23(28)29-24/h4-11,14-15,18H,12-13,16H2,1-3H3,(H,29,30). The number of likely N-dealkylation sites (tertiary alicyclic amines) is 1. The molecule has 0 amide bonds. The highest BCUT2D eigenvalue weighted by molar-refractivity contribution is 7.92. The fraction of sp³-hybridized carbons (Fsp3) is 0.320. The summed E-state index contributed by atoms with van der Waals surface area (Å²) in [7, 11) is -2.54. The molecule has 10 heteroatoms. The molecule has 1 fully saturated rings. The van der Waals surface area contributed by atoms with E-state index >= 15 is 4.39 Å². The molecule has 1 N–H and O–H groups in total. The zero-order valence-electron chi connectivity index (χ0n) is 19.7. The first-order chi connectivity index (χ1) is 16.5. The Hall–Kier alpha value is -2.75. The highest BCUT2D eigenvalue weighted by atomic mass is 35.5. The number of rotatable bonds is 7. The Morgan fingerprint density at radius 2 is 1.83 bits per heavy atom. The molecule has 186 valence electrons. The molecule has 1 aliphatic rings. The third-order valence-electron chi connectivity index (χ3n) is 6.61. The van der Waals surface area contributed by atoms with Gasteiger partial charge in [0.05, 0.1) is 10.7 Å². The summed E-state index contributed by atoms with van der Waals surface area (Å²) in [5.41, 5.74) is 1.43. The quantitative estimate of drug-likeness (QED) is 0.430. The van der Waals surface area contributed by atoms with Crippen molar-refractivity contribution >= 4 is 33.1 Å². The van der Waals surface area contributed by atoms with Crippen molar-refractivity contribution in [1.82, 2.24) is 9.88 Å². The Bertz CT molecular complexity index is 1320. The Kier molecular flexibility index (Phi) is 7.04. The number of hydrogen-bond donors (Lipinski definition) is 1. The molecule has 0 saturated carbocycles. The van der Waals surface area contributed by atoms with Crippen LogP contribution < -0.4 is 9.62 Å². The molecular weight excluding hydrogens is 494 g/mol. The van der Waals surface area contributed by atoms with Crippen LogP contribution in [0.25, 0.3) is 0 Å². The molecule has 0 radical (unpaired) electrons. The molecule has 4 rings (SSSR count). The summed E-state index contributed by atoms with van der Waals surface area (Å²) in [5, 5.41) is 0.0993. The Labute approximate surface area is 209 Å². The molecule has 1 unspecified atom stereocenters. The van der Waals surface area contributed by atoms with E-state index in [1.165, 1.54) is 17.7 Å². The van der Waals surface area contributed by atoms with E-state index in [0.717, 1.165) is 37.7 Å². The van der Waals surface area contributed by atoms with Gasteiger partial charge in [0, 0.05) is 37.8 Å². The van der Waals surface area contributed by atoms with E-state index < -0.39 is 26.7 Å². The van der Waals surface area contributed by atoms with Gasteiger partial charge >= 0.3 is 0 Å². The van der Waals surface area contributed by atoms with Gasteiger partial charge in [-0.25, -0.2) is 17.8 Å². The summed E-state index contributed by atoms with van der Waals surface area (Å²) >= 11 is 6.44. The largest absolute Gasteiger partial charge is 0.369 e. The Balaban J connectivity index is 1.53. The lowest BCUT2D eigenvalue weighted by molar-refractivity contribution is 0.153. The van der Waals surface area contributed by atoms with Crippen LogP contribution in [0.1, 0.15) is 25.8 Å². The number of sulfonamides is 1. The second-order valence-electron chi connectivity index (χ2n) is 9.11. The van der Waals surface area contributed by atoms with Gasteiger partial charge in [0.25, 0.3) is 10.0 Å². The predicted molar refractivity (Wildman–Crippen MR) is 134 cm³/mol. The maximum Gasteiger partial charge on any atom is 0.266 e. The molecule has 1 saturated heterocycles. The van der Waals surface area contributed by atoms with Crippen molar-refractivity contribution in [3.8, 4) is 0 Å². The van der Waals surface area contributed by atoms with Crippen molar-refractivity contribution in [3.05, 3.63) is 83.0 Å². The lowest BCUT2D eigenvalue weighted by Gasteiger charge is -2.37. The van der Waals surface area contributed by atoms with Crippen molar-refractivity contribution in [2.24, 2.45) is 0 Å². The van der Waals surface area contributed by atoms with Crippen LogP contribution in [0.3, 0.4) is 0 Å². The van der Waals surface area contributed by atoms with E-state index in [2.05, 4.69) is 40.6 Å². The van der Waals surface area contributed by atoms with E-state index in [1.807, 2.05) is 30.1 Å². The zero-order valence-corrected chi connectivity index (χ0v) is 21.2. The van der Waals surface area contributed by atoms with Gasteiger partial charge in [0.15, 0.2) is 0 Å². The van der Waals surface area contributed by atoms with Gasteiger partial charge < -0.3 is 4.90 Å². The summed E-state index contributed by atoms with van der Waals surface area (Å²) in [6, 6.07) is 16.2. The van der Waals surface area contributed by atoms with Crippen LogP contribution in [0.2, 0.25) is 5.02 Å². The van der Waals surface area contributed by atoms with Crippen LogP contribution in [0.15, 0.2) is 65.6 Å². The van der Waals surface area contributed by atoms with Gasteiger partial charge in [-0.15, -0.1) is 0 Å². The normalized spacial score (nSPS) is 16.9. The molecule has 2 heterocycles. The maximum absolute atomic E-state index is 15.0. The number of anilines is 2. The van der Waals surface area contributed by atoms with Crippen molar-refractivity contribution in [1.29, 1.82) is 0 Å². The van der Waals surface area contributed by atoms with Gasteiger partial charge in [0.1, 0.15) is 16.5 Å². The third-order valence-corrected chi connectivity index (χ3v) is 8.28. The SMILES string of the molecule is CN(c1cc(F)c(S(=O)(=O)Nc2cccc(F)n2)cc1Cl)C1CCN(C(C)(C)c2ccccc2)C1. The molecule has 1 aromatic heterocycles. The number of aromatic nitrogens is 1. The first-order valence-electron chi connectivity index (χ1n) is 11.2. The smallest absolute Gasteiger partial charge is 0.266 e. The summed E-state index contributed by atoms with van der Waals surface area (Å²) in [6.07, 6.45) is 0.845. The van der Waals surface area contributed by atoms with Gasteiger partial charge in [-0.2, -0.15) is 4.39 Å². The topological polar surface area (TPSA) is 65.5 Å². The molecular formula is C25H27ClF2N4O2S. The summed E-state index contributed by atoms with van der Waals surface area (Å²) in [5.74, 6) is -2.07. The van der Waals surface area contributed by atoms with Gasteiger partial charge in [-0.3, -0.25) is 9.62 Å². The fourth-order valence-corrected chi connectivity index (χ4v) is 5.89. The molecule has 3 aromatic rings.